The van der Waals surface area contributed by atoms with Gasteiger partial charge in [0.25, 0.3) is 5.91 Å². The number of halogens is 1. The fraction of sp³-hybridized carbons (Fsp3) is 0.211. The van der Waals surface area contributed by atoms with Crippen molar-refractivity contribution in [1.29, 1.82) is 0 Å². The van der Waals surface area contributed by atoms with Crippen molar-refractivity contribution in [2.45, 2.75) is 18.2 Å². The van der Waals surface area contributed by atoms with Crippen LogP contribution in [0.4, 0.5) is 10.1 Å². The molecule has 5 nitrogen and oxygen atoms in total. The first kappa shape index (κ1) is 19.7. The number of carbonyl (C=O) groups is 3. The molecular weight excluding hydrogens is 357 g/mol. The van der Waals surface area contributed by atoms with Crippen molar-refractivity contribution in [3.63, 3.8) is 0 Å². The lowest BCUT2D eigenvalue weighted by Crippen LogP contribution is -2.13. The molecule has 0 aliphatic heterocycles. The summed E-state index contributed by atoms with van der Waals surface area (Å²) in [6.07, 6.45) is -0.248. The molecule has 0 bridgehead atoms. The maximum absolute atomic E-state index is 12.9. The Morgan fingerprint density at radius 2 is 1.85 bits per heavy atom. The van der Waals surface area contributed by atoms with Gasteiger partial charge in [0, 0.05) is 16.1 Å². The fourth-order valence-electron chi connectivity index (χ4n) is 2.06. The van der Waals surface area contributed by atoms with Crippen molar-refractivity contribution >= 4 is 35.1 Å². The lowest BCUT2D eigenvalue weighted by molar-refractivity contribution is -0.145. The summed E-state index contributed by atoms with van der Waals surface area (Å²) in [6.45, 7) is 1.93. The van der Waals surface area contributed by atoms with Crippen molar-refractivity contribution in [3.05, 3.63) is 59.9 Å². The maximum atomic E-state index is 12.9. The van der Waals surface area contributed by atoms with Gasteiger partial charge in [-0.05, 0) is 49.4 Å². The van der Waals surface area contributed by atoms with E-state index >= 15 is 0 Å². The number of benzene rings is 2. The second-order valence-corrected chi connectivity index (χ2v) is 6.35. The molecule has 0 aromatic heterocycles. The summed E-state index contributed by atoms with van der Waals surface area (Å²) < 4.78 is 17.6. The summed E-state index contributed by atoms with van der Waals surface area (Å²) in [4.78, 5) is 35.9. The summed E-state index contributed by atoms with van der Waals surface area (Å²) in [5, 5.41) is 2.72. The number of carbonyl (C=O) groups excluding carboxylic acids is 3. The smallest absolute Gasteiger partial charge is 0.313 e. The highest BCUT2D eigenvalue weighted by Crippen LogP contribution is 2.22. The van der Waals surface area contributed by atoms with Gasteiger partial charge in [-0.1, -0.05) is 6.07 Å². The van der Waals surface area contributed by atoms with Crippen LogP contribution >= 0.6 is 11.8 Å². The van der Waals surface area contributed by atoms with E-state index in [0.29, 0.717) is 11.3 Å². The number of esters is 1. The van der Waals surface area contributed by atoms with Crippen molar-refractivity contribution in [2.75, 3.05) is 17.7 Å². The minimum atomic E-state index is -0.529. The molecule has 2 aromatic carbocycles. The monoisotopic (exact) mass is 375 g/mol. The molecule has 1 amide bonds. The van der Waals surface area contributed by atoms with Gasteiger partial charge in [0.15, 0.2) is 5.78 Å². The Balaban J connectivity index is 1.91. The van der Waals surface area contributed by atoms with Crippen molar-refractivity contribution < 1.29 is 23.5 Å². The SMILES string of the molecule is CCOC(=O)CC(=O)CSc1cccc(NC(=O)c2ccc(F)cc2)c1. The zero-order valence-electron chi connectivity index (χ0n) is 14.2. The molecule has 0 saturated carbocycles. The van der Waals surface area contributed by atoms with E-state index in [0.717, 1.165) is 4.90 Å². The molecule has 0 unspecified atom stereocenters. The average Bonchev–Trinajstić information content (AvgIpc) is 2.61. The minimum Gasteiger partial charge on any atom is -0.466 e. The number of hydrogen-bond acceptors (Lipinski definition) is 5. The van der Waals surface area contributed by atoms with Gasteiger partial charge in [-0.15, -0.1) is 11.8 Å². The van der Waals surface area contributed by atoms with E-state index in [4.69, 9.17) is 4.74 Å². The van der Waals surface area contributed by atoms with E-state index in [-0.39, 0.29) is 30.5 Å². The zero-order valence-corrected chi connectivity index (χ0v) is 15.0. The molecule has 0 spiro atoms. The summed E-state index contributed by atoms with van der Waals surface area (Å²) >= 11 is 1.27. The molecule has 0 radical (unpaired) electrons. The molecular formula is C19H18FNO4S. The number of ketones is 1. The number of hydrogen-bond donors (Lipinski definition) is 1. The Labute approximate surface area is 154 Å². The van der Waals surface area contributed by atoms with Gasteiger partial charge in [-0.25, -0.2) is 4.39 Å². The number of anilines is 1. The molecule has 0 fully saturated rings. The molecule has 0 aliphatic rings. The molecule has 136 valence electrons. The van der Waals surface area contributed by atoms with E-state index < -0.39 is 11.8 Å². The molecule has 2 aromatic rings. The van der Waals surface area contributed by atoms with Crippen LogP contribution < -0.4 is 5.32 Å². The third-order valence-electron chi connectivity index (χ3n) is 3.24. The first-order valence-electron chi connectivity index (χ1n) is 7.95. The summed E-state index contributed by atoms with van der Waals surface area (Å²) in [7, 11) is 0. The van der Waals surface area contributed by atoms with E-state index in [9.17, 15) is 18.8 Å². The minimum absolute atomic E-state index is 0.133. The Morgan fingerprint density at radius 3 is 2.54 bits per heavy atom. The van der Waals surface area contributed by atoms with Crippen LogP contribution in [0.25, 0.3) is 0 Å². The molecule has 26 heavy (non-hydrogen) atoms. The highest BCUT2D eigenvalue weighted by Gasteiger charge is 2.11. The second-order valence-electron chi connectivity index (χ2n) is 5.30. The van der Waals surface area contributed by atoms with E-state index in [1.807, 2.05) is 0 Å². The summed E-state index contributed by atoms with van der Waals surface area (Å²) in [5.74, 6) is -1.39. The Hall–Kier alpha value is -2.67. The maximum Gasteiger partial charge on any atom is 0.313 e. The highest BCUT2D eigenvalue weighted by molar-refractivity contribution is 8.00. The molecule has 0 saturated heterocycles. The third kappa shape index (κ3) is 6.33. The largest absolute Gasteiger partial charge is 0.466 e. The van der Waals surface area contributed by atoms with Gasteiger partial charge in [0.1, 0.15) is 12.2 Å². The number of ether oxygens (including phenoxy) is 1. The Bertz CT molecular complexity index is 792. The van der Waals surface area contributed by atoms with Crippen molar-refractivity contribution in [3.8, 4) is 0 Å². The van der Waals surface area contributed by atoms with Gasteiger partial charge in [-0.2, -0.15) is 0 Å². The number of Topliss-reactive ketones (excluding diaryl/α,β-unsaturated/α-hetero) is 1. The van der Waals surface area contributed by atoms with E-state index in [2.05, 4.69) is 5.32 Å². The highest BCUT2D eigenvalue weighted by atomic mass is 32.2. The Kier molecular flexibility index (Phi) is 7.35. The topological polar surface area (TPSA) is 72.5 Å². The normalized spacial score (nSPS) is 10.2. The Morgan fingerprint density at radius 1 is 1.12 bits per heavy atom. The van der Waals surface area contributed by atoms with Gasteiger partial charge in [0.05, 0.1) is 12.4 Å². The molecule has 0 atom stereocenters. The van der Waals surface area contributed by atoms with Crippen LogP contribution in [0.1, 0.15) is 23.7 Å². The van der Waals surface area contributed by atoms with Crippen LogP contribution in [-0.2, 0) is 14.3 Å². The van der Waals surface area contributed by atoms with Crippen LogP contribution in [0.2, 0.25) is 0 Å². The summed E-state index contributed by atoms with van der Waals surface area (Å²) in [6, 6.07) is 12.2. The number of nitrogens with one attached hydrogen (secondary N) is 1. The van der Waals surface area contributed by atoms with Gasteiger partial charge < -0.3 is 10.1 Å². The van der Waals surface area contributed by atoms with Crippen LogP contribution in [0.3, 0.4) is 0 Å². The van der Waals surface area contributed by atoms with Gasteiger partial charge in [0.2, 0.25) is 0 Å². The van der Waals surface area contributed by atoms with Crippen LogP contribution in [0.5, 0.6) is 0 Å². The average molecular weight is 375 g/mol. The standard InChI is InChI=1S/C19H18FNO4S/c1-2-25-18(23)11-16(22)12-26-17-5-3-4-15(10-17)21-19(24)13-6-8-14(20)9-7-13/h3-10H,2,11-12H2,1H3,(H,21,24). The summed E-state index contributed by atoms with van der Waals surface area (Å²) in [5.41, 5.74) is 0.899. The predicted molar refractivity (Wildman–Crippen MR) is 97.8 cm³/mol. The van der Waals surface area contributed by atoms with Crippen LogP contribution in [0, 0.1) is 5.82 Å². The molecule has 0 heterocycles. The van der Waals surface area contributed by atoms with Crippen LogP contribution in [0.15, 0.2) is 53.4 Å². The second kappa shape index (κ2) is 9.72. The van der Waals surface area contributed by atoms with E-state index in [1.54, 1.807) is 31.2 Å². The van der Waals surface area contributed by atoms with Crippen LogP contribution in [-0.4, -0.2) is 30.0 Å². The fourth-order valence-corrected chi connectivity index (χ4v) is 2.87. The molecule has 0 aliphatic carbocycles. The zero-order chi connectivity index (χ0) is 18.9. The predicted octanol–water partition coefficient (Wildman–Crippen LogP) is 3.69. The molecule has 1 N–H and O–H groups in total. The lowest BCUT2D eigenvalue weighted by atomic mass is 10.2. The van der Waals surface area contributed by atoms with Crippen molar-refractivity contribution in [2.24, 2.45) is 0 Å². The number of rotatable bonds is 8. The first-order chi connectivity index (χ1) is 12.5. The molecule has 2 rings (SSSR count). The number of thioether (sulfide) groups is 1. The van der Waals surface area contributed by atoms with E-state index in [1.165, 1.54) is 36.0 Å². The lowest BCUT2D eigenvalue weighted by Gasteiger charge is -2.07. The number of amides is 1. The first-order valence-corrected chi connectivity index (χ1v) is 8.93. The van der Waals surface area contributed by atoms with Gasteiger partial charge in [-0.3, -0.25) is 14.4 Å². The quantitative estimate of drug-likeness (QED) is 0.433. The van der Waals surface area contributed by atoms with Crippen molar-refractivity contribution in [1.82, 2.24) is 0 Å². The molecule has 7 heteroatoms. The van der Waals surface area contributed by atoms with Gasteiger partial charge >= 0.3 is 5.97 Å². The third-order valence-corrected chi connectivity index (χ3v) is 4.30.